The maximum Gasteiger partial charge on any atom is 0.326 e. The predicted octanol–water partition coefficient (Wildman–Crippen LogP) is -0.782. The third-order valence-corrected chi connectivity index (χ3v) is 2.46. The lowest BCUT2D eigenvalue weighted by Gasteiger charge is -2.17. The molecule has 0 aromatic carbocycles. The van der Waals surface area contributed by atoms with Crippen LogP contribution in [-0.2, 0) is 14.3 Å². The van der Waals surface area contributed by atoms with Crippen molar-refractivity contribution in [1.82, 2.24) is 10.6 Å². The average Bonchev–Trinajstić information content (AvgIpc) is 2.43. The molecule has 4 N–H and O–H groups in total. The first-order valence-corrected chi connectivity index (χ1v) is 6.50. The maximum atomic E-state index is 11.8. The summed E-state index contributed by atoms with van der Waals surface area (Å²) in [6.07, 6.45) is 1.21. The fourth-order valence-corrected chi connectivity index (χ4v) is 1.35. The summed E-state index contributed by atoms with van der Waals surface area (Å²) in [5.74, 6) is -2.20. The molecule has 0 heterocycles. The summed E-state index contributed by atoms with van der Waals surface area (Å²) in [7, 11) is 0. The van der Waals surface area contributed by atoms with E-state index < -0.39 is 17.9 Å². The molecular weight excluding hydrogens is 278 g/mol. The lowest BCUT2D eigenvalue weighted by Crippen LogP contribution is -2.44. The number of carbonyl (C=O) groups excluding carboxylic acids is 1. The SMILES string of the molecule is CC(C)C(NC(=O)/C(C#N)=C\NCCOCCO)C(=O)O. The summed E-state index contributed by atoms with van der Waals surface area (Å²) in [5, 5.41) is 31.4. The number of aliphatic carboxylic acids is 1. The molecule has 0 aliphatic carbocycles. The third kappa shape index (κ3) is 7.91. The van der Waals surface area contributed by atoms with Crippen LogP contribution < -0.4 is 10.6 Å². The fraction of sp³-hybridized carbons (Fsp3) is 0.615. The van der Waals surface area contributed by atoms with Crippen LogP contribution in [0, 0.1) is 17.2 Å². The molecule has 0 saturated carbocycles. The second kappa shape index (κ2) is 10.7. The molecular formula is C13H21N3O5. The molecule has 0 aliphatic rings. The molecule has 8 heteroatoms. The Labute approximate surface area is 123 Å². The zero-order valence-corrected chi connectivity index (χ0v) is 12.1. The third-order valence-electron chi connectivity index (χ3n) is 2.46. The van der Waals surface area contributed by atoms with E-state index in [1.165, 1.54) is 6.20 Å². The number of hydrogen-bond acceptors (Lipinski definition) is 6. The van der Waals surface area contributed by atoms with E-state index in [1.54, 1.807) is 19.9 Å². The van der Waals surface area contributed by atoms with Gasteiger partial charge in [-0.2, -0.15) is 5.26 Å². The molecule has 0 aromatic heterocycles. The maximum absolute atomic E-state index is 11.8. The van der Waals surface area contributed by atoms with Crippen molar-refractivity contribution in [1.29, 1.82) is 5.26 Å². The van der Waals surface area contributed by atoms with Gasteiger partial charge in [0.15, 0.2) is 0 Å². The molecule has 0 radical (unpaired) electrons. The number of nitriles is 1. The summed E-state index contributed by atoms with van der Waals surface area (Å²) in [4.78, 5) is 22.8. The summed E-state index contributed by atoms with van der Waals surface area (Å²) >= 11 is 0. The zero-order valence-electron chi connectivity index (χ0n) is 12.1. The van der Waals surface area contributed by atoms with E-state index in [2.05, 4.69) is 10.6 Å². The second-order valence-electron chi connectivity index (χ2n) is 4.49. The van der Waals surface area contributed by atoms with Crippen LogP contribution in [0.15, 0.2) is 11.8 Å². The molecule has 0 bridgehead atoms. The first-order chi connectivity index (χ1) is 9.93. The summed E-state index contributed by atoms with van der Waals surface area (Å²) < 4.78 is 4.98. The summed E-state index contributed by atoms with van der Waals surface area (Å²) in [6, 6.07) is 0.646. The molecule has 118 valence electrons. The van der Waals surface area contributed by atoms with Gasteiger partial charge in [-0.1, -0.05) is 13.8 Å². The topological polar surface area (TPSA) is 132 Å². The monoisotopic (exact) mass is 299 g/mol. The lowest BCUT2D eigenvalue weighted by molar-refractivity contribution is -0.142. The van der Waals surface area contributed by atoms with Gasteiger partial charge in [0.2, 0.25) is 0 Å². The van der Waals surface area contributed by atoms with Crippen LogP contribution in [0.25, 0.3) is 0 Å². The summed E-state index contributed by atoms with van der Waals surface area (Å²) in [5.41, 5.74) is -0.218. The largest absolute Gasteiger partial charge is 0.480 e. The average molecular weight is 299 g/mol. The van der Waals surface area contributed by atoms with Crippen LogP contribution in [0.3, 0.4) is 0 Å². The molecule has 21 heavy (non-hydrogen) atoms. The number of amides is 1. The van der Waals surface area contributed by atoms with Gasteiger partial charge in [0.1, 0.15) is 17.7 Å². The minimum atomic E-state index is -1.15. The van der Waals surface area contributed by atoms with Crippen molar-refractivity contribution in [3.05, 3.63) is 11.8 Å². The van der Waals surface area contributed by atoms with Crippen molar-refractivity contribution < 1.29 is 24.5 Å². The van der Waals surface area contributed by atoms with Crippen LogP contribution in [-0.4, -0.2) is 54.5 Å². The number of nitrogens with one attached hydrogen (secondary N) is 2. The number of carbonyl (C=O) groups is 2. The van der Waals surface area contributed by atoms with Gasteiger partial charge in [-0.25, -0.2) is 4.79 Å². The number of nitrogens with zero attached hydrogens (tertiary/aromatic N) is 1. The van der Waals surface area contributed by atoms with Gasteiger partial charge in [-0.3, -0.25) is 4.79 Å². The van der Waals surface area contributed by atoms with Gasteiger partial charge in [0.05, 0.1) is 19.8 Å². The van der Waals surface area contributed by atoms with Crippen LogP contribution >= 0.6 is 0 Å². The molecule has 0 rings (SSSR count). The van der Waals surface area contributed by atoms with Gasteiger partial charge in [-0.15, -0.1) is 0 Å². The van der Waals surface area contributed by atoms with Crippen molar-refractivity contribution in [2.75, 3.05) is 26.4 Å². The summed E-state index contributed by atoms with van der Waals surface area (Å²) in [6.45, 7) is 4.11. The van der Waals surface area contributed by atoms with E-state index in [4.69, 9.17) is 20.2 Å². The molecule has 0 spiro atoms. The number of rotatable bonds is 10. The normalized spacial score (nSPS) is 12.6. The molecule has 0 aromatic rings. The number of aliphatic hydroxyl groups excluding tert-OH is 1. The Hall–Kier alpha value is -2.11. The van der Waals surface area contributed by atoms with Crippen molar-refractivity contribution in [3.63, 3.8) is 0 Å². The Bertz CT molecular complexity index is 415. The van der Waals surface area contributed by atoms with Crippen LogP contribution in [0.4, 0.5) is 0 Å². The number of hydrogen-bond donors (Lipinski definition) is 4. The Balaban J connectivity index is 4.41. The van der Waals surface area contributed by atoms with Crippen LogP contribution in [0.1, 0.15) is 13.8 Å². The first-order valence-electron chi connectivity index (χ1n) is 6.50. The molecule has 1 amide bonds. The number of aliphatic hydroxyl groups is 1. The highest BCUT2D eigenvalue weighted by atomic mass is 16.5. The van der Waals surface area contributed by atoms with E-state index in [9.17, 15) is 9.59 Å². The quantitative estimate of drug-likeness (QED) is 0.236. The molecule has 0 saturated heterocycles. The van der Waals surface area contributed by atoms with Crippen molar-refractivity contribution in [2.45, 2.75) is 19.9 Å². The van der Waals surface area contributed by atoms with E-state index in [1.807, 2.05) is 0 Å². The van der Waals surface area contributed by atoms with Crippen molar-refractivity contribution >= 4 is 11.9 Å². The highest BCUT2D eigenvalue weighted by molar-refractivity contribution is 5.99. The Morgan fingerprint density at radius 1 is 1.38 bits per heavy atom. The lowest BCUT2D eigenvalue weighted by atomic mass is 10.0. The van der Waals surface area contributed by atoms with E-state index in [0.717, 1.165) is 0 Å². The minimum Gasteiger partial charge on any atom is -0.480 e. The fourth-order valence-electron chi connectivity index (χ4n) is 1.35. The van der Waals surface area contributed by atoms with Crippen LogP contribution in [0.2, 0.25) is 0 Å². The highest BCUT2D eigenvalue weighted by Gasteiger charge is 2.24. The van der Waals surface area contributed by atoms with Gasteiger partial charge >= 0.3 is 5.97 Å². The highest BCUT2D eigenvalue weighted by Crippen LogP contribution is 2.03. The predicted molar refractivity (Wildman–Crippen MR) is 74.0 cm³/mol. The molecule has 8 nitrogen and oxygen atoms in total. The second-order valence-corrected chi connectivity index (χ2v) is 4.49. The van der Waals surface area contributed by atoms with Gasteiger partial charge in [-0.05, 0) is 5.92 Å². The Morgan fingerprint density at radius 2 is 2.05 bits per heavy atom. The van der Waals surface area contributed by atoms with Crippen molar-refractivity contribution in [3.8, 4) is 6.07 Å². The molecule has 1 unspecified atom stereocenters. The zero-order chi connectivity index (χ0) is 16.3. The number of carboxylic acids is 1. The molecule has 0 fully saturated rings. The van der Waals surface area contributed by atoms with Gasteiger partial charge in [0, 0.05) is 12.7 Å². The number of carboxylic acid groups (broad SMARTS) is 1. The first kappa shape index (κ1) is 18.9. The molecule has 1 atom stereocenters. The van der Waals surface area contributed by atoms with Gasteiger partial charge < -0.3 is 25.6 Å². The Morgan fingerprint density at radius 3 is 2.52 bits per heavy atom. The van der Waals surface area contributed by atoms with E-state index in [0.29, 0.717) is 13.2 Å². The van der Waals surface area contributed by atoms with Crippen LogP contribution in [0.5, 0.6) is 0 Å². The Kier molecular flexibility index (Phi) is 9.58. The minimum absolute atomic E-state index is 0.0759. The number of ether oxygens (including phenoxy) is 1. The molecule has 0 aliphatic heterocycles. The van der Waals surface area contributed by atoms with E-state index in [-0.39, 0.29) is 24.7 Å². The standard InChI is InChI=1S/C13H21N3O5/c1-9(2)11(13(19)20)16-12(18)10(7-14)8-15-3-5-21-6-4-17/h8-9,11,15,17H,3-6H2,1-2H3,(H,16,18)(H,19,20)/b10-8-. The smallest absolute Gasteiger partial charge is 0.326 e. The van der Waals surface area contributed by atoms with E-state index >= 15 is 0 Å². The van der Waals surface area contributed by atoms with Crippen molar-refractivity contribution in [2.24, 2.45) is 5.92 Å². The van der Waals surface area contributed by atoms with Gasteiger partial charge in [0.25, 0.3) is 5.91 Å².